The van der Waals surface area contributed by atoms with Gasteiger partial charge in [0.05, 0.1) is 16.7 Å². The van der Waals surface area contributed by atoms with Crippen molar-refractivity contribution in [1.29, 1.82) is 0 Å². The summed E-state index contributed by atoms with van der Waals surface area (Å²) in [6.07, 6.45) is 3.60. The highest BCUT2D eigenvalue weighted by Gasteiger charge is 2.16. The molecule has 1 aromatic carbocycles. The molecule has 27 heavy (non-hydrogen) atoms. The Balaban J connectivity index is 1.59. The standard InChI is InChI=1S/C18H19BrClN5O2/c1-3-24-8-6-14(21-24)11-23(2)18(26)16-7-9-25(22-16)12-27-17-5-4-13(20)10-15(17)19/h4-10H,3,11-12H2,1-2H3. The molecule has 9 heteroatoms. The van der Waals surface area contributed by atoms with E-state index >= 15 is 0 Å². The summed E-state index contributed by atoms with van der Waals surface area (Å²) >= 11 is 9.32. The minimum Gasteiger partial charge on any atom is -0.470 e. The molecule has 0 saturated carbocycles. The Hall–Kier alpha value is -2.32. The molecule has 0 aliphatic heterocycles. The van der Waals surface area contributed by atoms with E-state index in [1.54, 1.807) is 47.1 Å². The summed E-state index contributed by atoms with van der Waals surface area (Å²) in [7, 11) is 1.73. The van der Waals surface area contributed by atoms with E-state index in [0.717, 1.165) is 16.7 Å². The zero-order valence-electron chi connectivity index (χ0n) is 15.0. The first-order valence-corrected chi connectivity index (χ1v) is 9.52. The predicted octanol–water partition coefficient (Wildman–Crippen LogP) is 3.82. The molecule has 0 unspecified atom stereocenters. The maximum Gasteiger partial charge on any atom is 0.274 e. The second-order valence-corrected chi connectivity index (χ2v) is 7.20. The van der Waals surface area contributed by atoms with Crippen molar-refractivity contribution >= 4 is 33.4 Å². The molecule has 0 spiro atoms. The monoisotopic (exact) mass is 451 g/mol. The molecule has 3 aromatic rings. The van der Waals surface area contributed by atoms with Crippen LogP contribution in [0.25, 0.3) is 0 Å². The molecule has 1 amide bonds. The minimum atomic E-state index is -0.174. The van der Waals surface area contributed by atoms with Gasteiger partial charge in [-0.25, -0.2) is 4.68 Å². The fourth-order valence-corrected chi connectivity index (χ4v) is 3.25. The lowest BCUT2D eigenvalue weighted by Gasteiger charge is -2.14. The largest absolute Gasteiger partial charge is 0.470 e. The topological polar surface area (TPSA) is 65.2 Å². The summed E-state index contributed by atoms with van der Waals surface area (Å²) < 4.78 is 9.85. The first-order chi connectivity index (χ1) is 13.0. The number of amides is 1. The van der Waals surface area contributed by atoms with Crippen LogP contribution in [0, 0.1) is 0 Å². The van der Waals surface area contributed by atoms with Gasteiger partial charge in [-0.1, -0.05) is 11.6 Å². The lowest BCUT2D eigenvalue weighted by atomic mass is 10.3. The highest BCUT2D eigenvalue weighted by Crippen LogP contribution is 2.28. The third-order valence-corrected chi connectivity index (χ3v) is 4.73. The quantitative estimate of drug-likeness (QED) is 0.546. The van der Waals surface area contributed by atoms with Crippen molar-refractivity contribution in [2.75, 3.05) is 7.05 Å². The van der Waals surface area contributed by atoms with E-state index in [-0.39, 0.29) is 12.6 Å². The van der Waals surface area contributed by atoms with Crippen molar-refractivity contribution in [2.45, 2.75) is 26.7 Å². The van der Waals surface area contributed by atoms with Gasteiger partial charge in [0.1, 0.15) is 5.75 Å². The molecule has 2 aromatic heterocycles. The van der Waals surface area contributed by atoms with Gasteiger partial charge in [-0.2, -0.15) is 10.2 Å². The van der Waals surface area contributed by atoms with Gasteiger partial charge < -0.3 is 9.64 Å². The van der Waals surface area contributed by atoms with Crippen LogP contribution >= 0.6 is 27.5 Å². The Morgan fingerprint density at radius 2 is 2.00 bits per heavy atom. The van der Waals surface area contributed by atoms with Gasteiger partial charge in [0.2, 0.25) is 0 Å². The van der Waals surface area contributed by atoms with Crippen LogP contribution in [0.4, 0.5) is 0 Å². The SMILES string of the molecule is CCn1ccc(CN(C)C(=O)c2ccn(COc3ccc(Cl)cc3Br)n2)n1. The highest BCUT2D eigenvalue weighted by molar-refractivity contribution is 9.10. The smallest absolute Gasteiger partial charge is 0.274 e. The second-order valence-electron chi connectivity index (χ2n) is 5.91. The Morgan fingerprint density at radius 3 is 2.70 bits per heavy atom. The first kappa shape index (κ1) is 19.4. The number of aryl methyl sites for hydroxylation is 1. The summed E-state index contributed by atoms with van der Waals surface area (Å²) in [5.74, 6) is 0.471. The van der Waals surface area contributed by atoms with Gasteiger partial charge in [0, 0.05) is 31.0 Å². The zero-order valence-corrected chi connectivity index (χ0v) is 17.3. The second kappa shape index (κ2) is 8.58. The number of hydrogen-bond acceptors (Lipinski definition) is 4. The van der Waals surface area contributed by atoms with Gasteiger partial charge in [0.15, 0.2) is 12.4 Å². The predicted molar refractivity (Wildman–Crippen MR) is 106 cm³/mol. The third kappa shape index (κ3) is 4.90. The number of ether oxygens (including phenoxy) is 1. The number of aromatic nitrogens is 4. The Kier molecular flexibility index (Phi) is 6.18. The van der Waals surface area contributed by atoms with Crippen LogP contribution in [-0.4, -0.2) is 37.4 Å². The molecule has 0 atom stereocenters. The van der Waals surface area contributed by atoms with Crippen LogP contribution in [-0.2, 0) is 19.8 Å². The highest BCUT2D eigenvalue weighted by atomic mass is 79.9. The van der Waals surface area contributed by atoms with E-state index in [0.29, 0.717) is 23.0 Å². The molecule has 0 N–H and O–H groups in total. The van der Waals surface area contributed by atoms with Gasteiger partial charge in [0.25, 0.3) is 5.91 Å². The maximum absolute atomic E-state index is 12.6. The number of halogens is 2. The third-order valence-electron chi connectivity index (χ3n) is 3.87. The van der Waals surface area contributed by atoms with Crippen molar-refractivity contribution in [3.8, 4) is 5.75 Å². The summed E-state index contributed by atoms with van der Waals surface area (Å²) in [6, 6.07) is 8.84. The molecular weight excluding hydrogens is 434 g/mol. The normalized spacial score (nSPS) is 10.8. The van der Waals surface area contributed by atoms with Gasteiger partial charge in [-0.3, -0.25) is 9.48 Å². The molecule has 0 radical (unpaired) electrons. The van der Waals surface area contributed by atoms with Crippen LogP contribution in [0.1, 0.15) is 23.1 Å². The molecule has 142 valence electrons. The lowest BCUT2D eigenvalue weighted by Crippen LogP contribution is -2.27. The summed E-state index contributed by atoms with van der Waals surface area (Å²) in [5.41, 5.74) is 1.19. The molecule has 0 saturated heterocycles. The van der Waals surface area contributed by atoms with Crippen LogP contribution in [0.5, 0.6) is 5.75 Å². The summed E-state index contributed by atoms with van der Waals surface area (Å²) in [4.78, 5) is 14.1. The average Bonchev–Trinajstić information content (AvgIpc) is 3.29. The summed E-state index contributed by atoms with van der Waals surface area (Å²) in [6.45, 7) is 3.42. The number of carbonyl (C=O) groups excluding carboxylic acids is 1. The number of hydrogen-bond donors (Lipinski definition) is 0. The number of nitrogens with zero attached hydrogens (tertiary/aromatic N) is 5. The van der Waals surface area contributed by atoms with E-state index in [1.807, 2.05) is 23.9 Å². The van der Waals surface area contributed by atoms with Crippen LogP contribution < -0.4 is 4.74 Å². The molecule has 0 fully saturated rings. The molecule has 0 bridgehead atoms. The fraction of sp³-hybridized carbons (Fsp3) is 0.278. The average molecular weight is 453 g/mol. The number of benzene rings is 1. The van der Waals surface area contributed by atoms with Crippen molar-refractivity contribution in [1.82, 2.24) is 24.5 Å². The maximum atomic E-state index is 12.6. The zero-order chi connectivity index (χ0) is 19.4. The Bertz CT molecular complexity index is 939. The van der Waals surface area contributed by atoms with Crippen molar-refractivity contribution in [3.63, 3.8) is 0 Å². The van der Waals surface area contributed by atoms with Gasteiger partial charge >= 0.3 is 0 Å². The van der Waals surface area contributed by atoms with Crippen molar-refractivity contribution < 1.29 is 9.53 Å². The van der Waals surface area contributed by atoms with E-state index in [9.17, 15) is 4.79 Å². The van der Waals surface area contributed by atoms with E-state index in [2.05, 4.69) is 26.1 Å². The first-order valence-electron chi connectivity index (χ1n) is 8.35. The van der Waals surface area contributed by atoms with Gasteiger partial charge in [-0.05, 0) is 53.2 Å². The summed E-state index contributed by atoms with van der Waals surface area (Å²) in [5, 5.41) is 9.30. The number of carbonyl (C=O) groups is 1. The van der Waals surface area contributed by atoms with E-state index < -0.39 is 0 Å². The van der Waals surface area contributed by atoms with E-state index in [1.165, 1.54) is 0 Å². The Morgan fingerprint density at radius 1 is 1.22 bits per heavy atom. The van der Waals surface area contributed by atoms with Crippen LogP contribution in [0.3, 0.4) is 0 Å². The molecular formula is C18H19BrClN5O2. The van der Waals surface area contributed by atoms with Crippen LogP contribution in [0.2, 0.25) is 5.02 Å². The molecule has 3 rings (SSSR count). The van der Waals surface area contributed by atoms with Crippen molar-refractivity contribution in [3.05, 3.63) is 63.6 Å². The molecule has 0 aliphatic rings. The molecule has 7 nitrogen and oxygen atoms in total. The molecule has 2 heterocycles. The minimum absolute atomic E-state index is 0.174. The Labute approximate surface area is 170 Å². The van der Waals surface area contributed by atoms with Gasteiger partial charge in [-0.15, -0.1) is 0 Å². The lowest BCUT2D eigenvalue weighted by molar-refractivity contribution is 0.0775. The van der Waals surface area contributed by atoms with Crippen LogP contribution in [0.15, 0.2) is 47.2 Å². The van der Waals surface area contributed by atoms with Crippen molar-refractivity contribution in [2.24, 2.45) is 0 Å². The fourth-order valence-electron chi connectivity index (χ4n) is 2.45. The van der Waals surface area contributed by atoms with E-state index in [4.69, 9.17) is 16.3 Å². The number of rotatable bonds is 7. The molecule has 0 aliphatic carbocycles.